The Bertz CT molecular complexity index is 2240. The van der Waals surface area contributed by atoms with Crippen molar-refractivity contribution in [3.63, 3.8) is 0 Å². The van der Waals surface area contributed by atoms with Gasteiger partial charge in [-0.3, -0.25) is 4.48 Å². The molecule has 408 valence electrons. The van der Waals surface area contributed by atoms with Crippen molar-refractivity contribution >= 4 is 13.0 Å². The summed E-state index contributed by atoms with van der Waals surface area (Å²) in [6, 6.07) is 1.10. The summed E-state index contributed by atoms with van der Waals surface area (Å²) < 4.78 is 340. The van der Waals surface area contributed by atoms with Crippen molar-refractivity contribution in [3.8, 4) is 17.2 Å². The standard InChI is InChI=1S/C36H35BF18NO3.C8H3F6/c1-4-7-10-56(11-8-5-2,12-9-6-3)30-28(36(53,54)55)19-25(35(50,51)52)20-29(30)59-37(57-26-15-21(31(38,39)40)13-22(16-26)32(41,42)43)58-27-17-23(33(44,45)46)14-24(18-27)34(47,48)49;9-7(10,11)5-2-1-3-6(4-5)8(12,13)14/h13-20H,4-12H2,1-3H3;2-4H/q+1;-1. The molecule has 0 aliphatic carbocycles. The molecule has 0 spiro atoms. The number of halogens is 24. The third kappa shape index (κ3) is 17.6. The molecule has 73 heavy (non-hydrogen) atoms. The topological polar surface area (TPSA) is 27.7 Å². The number of nitrogens with zero attached hydrogens (tertiary/aromatic N) is 1. The molecule has 0 fully saturated rings. The number of benzene rings is 4. The minimum Gasteiger partial charge on any atom is -0.490 e. The molecule has 29 heteroatoms. The Hall–Kier alpha value is -5.38. The lowest BCUT2D eigenvalue weighted by Gasteiger charge is -2.41. The number of rotatable bonds is 16. The van der Waals surface area contributed by atoms with E-state index >= 15 is 13.2 Å². The molecule has 0 radical (unpaired) electrons. The van der Waals surface area contributed by atoms with Crippen LogP contribution in [0.1, 0.15) is 104 Å². The maximum absolute atomic E-state index is 15.0. The highest BCUT2D eigenvalue weighted by molar-refractivity contribution is 6.39. The number of hydrogen-bond donors (Lipinski definition) is 0. The van der Waals surface area contributed by atoms with Gasteiger partial charge in [-0.05, 0) is 67.8 Å². The molecule has 4 rings (SSSR count). The molecule has 0 N–H and O–H groups in total. The molecule has 0 atom stereocenters. The average Bonchev–Trinajstić information content (AvgIpc) is 3.23. The number of alkyl halides is 24. The van der Waals surface area contributed by atoms with E-state index in [1.165, 1.54) is 0 Å². The minimum atomic E-state index is -5.63. The second-order valence-electron chi connectivity index (χ2n) is 15.9. The number of quaternary nitrogens is 1. The van der Waals surface area contributed by atoms with E-state index in [9.17, 15) is 92.2 Å². The zero-order chi connectivity index (χ0) is 56.0. The van der Waals surface area contributed by atoms with Crippen molar-refractivity contribution in [3.05, 3.63) is 117 Å². The summed E-state index contributed by atoms with van der Waals surface area (Å²) in [7, 11) is -3.27. The van der Waals surface area contributed by atoms with Gasteiger partial charge in [0.05, 0.1) is 47.5 Å². The molecule has 0 saturated heterocycles. The zero-order valence-electron chi connectivity index (χ0n) is 37.5. The predicted octanol–water partition coefficient (Wildman–Crippen LogP) is 17.6. The van der Waals surface area contributed by atoms with E-state index in [0.29, 0.717) is 31.4 Å². The summed E-state index contributed by atoms with van der Waals surface area (Å²) in [5.41, 5.74) is -16.1. The minimum absolute atomic E-state index is 0.0122. The lowest BCUT2D eigenvalue weighted by atomic mass is 10.00. The lowest BCUT2D eigenvalue weighted by Crippen LogP contribution is -2.53. The first-order valence-corrected chi connectivity index (χ1v) is 21.0. The molecule has 0 bridgehead atoms. The second kappa shape index (κ2) is 23.0. The summed E-state index contributed by atoms with van der Waals surface area (Å²) in [4.78, 5) is 0. The predicted molar refractivity (Wildman–Crippen MR) is 213 cm³/mol. The second-order valence-corrected chi connectivity index (χ2v) is 15.9. The lowest BCUT2D eigenvalue weighted by molar-refractivity contribution is -0.145. The highest BCUT2D eigenvalue weighted by atomic mass is 19.4. The first kappa shape index (κ1) is 61.9. The van der Waals surface area contributed by atoms with Crippen LogP contribution in [0.15, 0.2) is 66.7 Å². The molecule has 0 heterocycles. The first-order chi connectivity index (χ1) is 33.1. The van der Waals surface area contributed by atoms with E-state index in [-0.39, 0.29) is 81.4 Å². The van der Waals surface area contributed by atoms with E-state index in [2.05, 4.69) is 0 Å². The number of hydrogen-bond acceptors (Lipinski definition) is 3. The summed E-state index contributed by atoms with van der Waals surface area (Å²) in [5.74, 6) is -4.60. The maximum atomic E-state index is 15.0. The van der Waals surface area contributed by atoms with Crippen LogP contribution in [0.3, 0.4) is 0 Å². The molecule has 0 unspecified atom stereocenters. The van der Waals surface area contributed by atoms with Crippen LogP contribution in [0.2, 0.25) is 0 Å². The van der Waals surface area contributed by atoms with E-state index in [1.54, 1.807) is 26.8 Å². The van der Waals surface area contributed by atoms with Crippen molar-refractivity contribution in [2.24, 2.45) is 0 Å². The van der Waals surface area contributed by atoms with E-state index in [1.807, 2.05) is 0 Å². The van der Waals surface area contributed by atoms with Gasteiger partial charge >= 0.3 is 56.7 Å². The molecular weight excluding hydrogens is 1060 g/mol. The Labute approximate surface area is 399 Å². The fourth-order valence-corrected chi connectivity index (χ4v) is 6.81. The van der Waals surface area contributed by atoms with Gasteiger partial charge in [-0.2, -0.15) is 124 Å². The normalized spacial score (nSPS) is 13.4. The highest BCUT2D eigenvalue weighted by Gasteiger charge is 2.49. The average molecular weight is 1100 g/mol. The van der Waals surface area contributed by atoms with Gasteiger partial charge in [-0.15, -0.1) is 6.07 Å². The number of unbranched alkanes of at least 4 members (excludes halogenated alkanes) is 3. The van der Waals surface area contributed by atoms with Gasteiger partial charge in [0.1, 0.15) is 17.1 Å². The van der Waals surface area contributed by atoms with E-state index < -0.39 is 141 Å². The van der Waals surface area contributed by atoms with Crippen LogP contribution in [-0.4, -0.2) is 27.0 Å². The monoisotopic (exact) mass is 1100 g/mol. The van der Waals surface area contributed by atoms with E-state index in [4.69, 9.17) is 14.0 Å². The Kier molecular flexibility index (Phi) is 19.5. The largest absolute Gasteiger partial charge is 0.864 e. The van der Waals surface area contributed by atoms with Crippen molar-refractivity contribution < 1.29 is 119 Å². The Balaban J connectivity index is 0.000000861. The van der Waals surface area contributed by atoms with Crippen LogP contribution in [0.5, 0.6) is 17.2 Å². The highest BCUT2D eigenvalue weighted by Crippen LogP contribution is 2.50. The van der Waals surface area contributed by atoms with Crippen LogP contribution in [0.4, 0.5) is 111 Å². The first-order valence-electron chi connectivity index (χ1n) is 21.0. The van der Waals surface area contributed by atoms with Crippen LogP contribution in [0.25, 0.3) is 0 Å². The SMILES string of the molecule is CCCC[N+](CCCC)(CCCC)c1c(OB(Oc2cc(C(F)(F)F)cc(C(F)(F)F)c2)Oc2cc(C(F)(F)F)cc(C(F)(F)F)c2)cc(C(F)(F)F)cc1C(F)(F)F.FC(F)(F)c1c[c-]cc(C(F)(F)F)c1. The van der Waals surface area contributed by atoms with Gasteiger partial charge in [-0.1, -0.05) is 51.2 Å². The Morgan fingerprint density at radius 1 is 0.370 bits per heavy atom. The third-order valence-electron chi connectivity index (χ3n) is 10.3. The Morgan fingerprint density at radius 3 is 0.932 bits per heavy atom. The van der Waals surface area contributed by atoms with Crippen molar-refractivity contribution in [2.45, 2.75) is 109 Å². The summed E-state index contributed by atoms with van der Waals surface area (Å²) in [5, 5.41) is 0. The molecule has 0 amide bonds. The third-order valence-corrected chi connectivity index (χ3v) is 10.3. The maximum Gasteiger partial charge on any atom is 0.864 e. The fraction of sp³-hybridized carbons (Fsp3) is 0.455. The van der Waals surface area contributed by atoms with E-state index in [0.717, 1.165) is 0 Å². The fourth-order valence-electron chi connectivity index (χ4n) is 6.81. The van der Waals surface area contributed by atoms with Gasteiger partial charge in [0.25, 0.3) is 0 Å². The summed E-state index contributed by atoms with van der Waals surface area (Å²) in [6.07, 6.45) is -41.8. The van der Waals surface area contributed by atoms with Crippen LogP contribution in [0, 0.1) is 6.07 Å². The molecule has 0 aromatic heterocycles. The summed E-state index contributed by atoms with van der Waals surface area (Å²) >= 11 is 0. The van der Waals surface area contributed by atoms with Gasteiger partial charge in [0.15, 0.2) is 11.4 Å². The van der Waals surface area contributed by atoms with Gasteiger partial charge < -0.3 is 14.0 Å². The molecule has 4 nitrogen and oxygen atoms in total. The van der Waals surface area contributed by atoms with Crippen molar-refractivity contribution in [1.29, 1.82) is 0 Å². The van der Waals surface area contributed by atoms with Gasteiger partial charge in [-0.25, -0.2) is 0 Å². The Morgan fingerprint density at radius 2 is 0.658 bits per heavy atom. The molecule has 0 aliphatic heterocycles. The van der Waals surface area contributed by atoms with Crippen molar-refractivity contribution in [2.75, 3.05) is 19.6 Å². The van der Waals surface area contributed by atoms with Crippen LogP contribution < -0.4 is 18.4 Å². The molecular formula is C44H38BF24NO3. The van der Waals surface area contributed by atoms with Crippen LogP contribution >= 0.6 is 0 Å². The van der Waals surface area contributed by atoms with Gasteiger partial charge in [0.2, 0.25) is 0 Å². The molecule has 4 aromatic rings. The zero-order valence-corrected chi connectivity index (χ0v) is 37.5. The quantitative estimate of drug-likeness (QED) is 0.0484. The smallest absolute Gasteiger partial charge is 0.490 e. The van der Waals surface area contributed by atoms with Crippen LogP contribution in [-0.2, 0) is 49.4 Å². The molecule has 0 saturated carbocycles. The summed E-state index contributed by atoms with van der Waals surface area (Å²) in [6.45, 7) is 4.27. The molecule has 4 aromatic carbocycles. The molecule has 0 aliphatic rings. The van der Waals surface area contributed by atoms with Crippen molar-refractivity contribution in [1.82, 2.24) is 4.48 Å². The van der Waals surface area contributed by atoms with Gasteiger partial charge in [0, 0.05) is 0 Å².